The van der Waals surface area contributed by atoms with Crippen LogP contribution in [0, 0.1) is 0 Å². The Morgan fingerprint density at radius 3 is 2.50 bits per heavy atom. The molecule has 0 aliphatic heterocycles. The lowest BCUT2D eigenvalue weighted by Gasteiger charge is -2.12. The van der Waals surface area contributed by atoms with Crippen molar-refractivity contribution < 1.29 is 14.3 Å². The van der Waals surface area contributed by atoms with Crippen molar-refractivity contribution in [2.24, 2.45) is 0 Å². The molecular formula is C21H26N4O3. The molecule has 2 heterocycles. The van der Waals surface area contributed by atoms with Gasteiger partial charge in [-0.2, -0.15) is 5.10 Å². The van der Waals surface area contributed by atoms with Crippen LogP contribution < -0.4 is 5.32 Å². The molecule has 3 aliphatic rings. The molecule has 1 amide bonds. The van der Waals surface area contributed by atoms with Crippen LogP contribution in [0.3, 0.4) is 0 Å². The Labute approximate surface area is 163 Å². The number of methoxy groups -OCH3 is 1. The van der Waals surface area contributed by atoms with Gasteiger partial charge in [0.15, 0.2) is 5.65 Å². The average molecular weight is 382 g/mol. The van der Waals surface area contributed by atoms with Gasteiger partial charge in [0.05, 0.1) is 23.8 Å². The first-order chi connectivity index (χ1) is 13.6. The largest absolute Gasteiger partial charge is 0.465 e. The molecule has 1 N–H and O–H groups in total. The maximum Gasteiger partial charge on any atom is 0.338 e. The van der Waals surface area contributed by atoms with Crippen molar-refractivity contribution in [3.63, 3.8) is 0 Å². The van der Waals surface area contributed by atoms with Gasteiger partial charge in [-0.05, 0) is 44.6 Å². The fourth-order valence-corrected chi connectivity index (χ4v) is 4.31. The van der Waals surface area contributed by atoms with Gasteiger partial charge in [0.25, 0.3) is 0 Å². The highest BCUT2D eigenvalue weighted by molar-refractivity contribution is 6.04. The van der Waals surface area contributed by atoms with E-state index in [0.717, 1.165) is 55.3 Å². The second kappa shape index (κ2) is 6.87. The third-order valence-corrected chi connectivity index (χ3v) is 6.13. The molecular weight excluding hydrogens is 356 g/mol. The third kappa shape index (κ3) is 3.27. The zero-order valence-electron chi connectivity index (χ0n) is 16.2. The summed E-state index contributed by atoms with van der Waals surface area (Å²) in [7, 11) is 1.40. The molecule has 0 unspecified atom stereocenters. The summed E-state index contributed by atoms with van der Waals surface area (Å²) in [4.78, 5) is 30.0. The van der Waals surface area contributed by atoms with Gasteiger partial charge < -0.3 is 10.1 Å². The number of nitrogens with zero attached hydrogens (tertiary/aromatic N) is 3. The van der Waals surface area contributed by atoms with Crippen molar-refractivity contribution in [3.05, 3.63) is 23.0 Å². The number of pyridine rings is 1. The second-order valence-corrected chi connectivity index (χ2v) is 8.43. The summed E-state index contributed by atoms with van der Waals surface area (Å²) in [6.07, 6.45) is 8.75. The Bertz CT molecular complexity index is 937. The maximum absolute atomic E-state index is 12.6. The Hall–Kier alpha value is -2.44. The summed E-state index contributed by atoms with van der Waals surface area (Å²) in [5.41, 5.74) is 2.98. The fraction of sp³-hybridized carbons (Fsp3) is 0.619. The summed E-state index contributed by atoms with van der Waals surface area (Å²) >= 11 is 0. The van der Waals surface area contributed by atoms with Crippen LogP contribution in [0.1, 0.15) is 84.9 Å². The van der Waals surface area contributed by atoms with Crippen molar-refractivity contribution in [2.45, 2.75) is 75.8 Å². The number of amides is 1. The van der Waals surface area contributed by atoms with Crippen LogP contribution in [-0.4, -0.2) is 39.8 Å². The number of esters is 1. The summed E-state index contributed by atoms with van der Waals surface area (Å²) < 4.78 is 6.75. The Morgan fingerprint density at radius 1 is 1.14 bits per heavy atom. The topological polar surface area (TPSA) is 86.1 Å². The second-order valence-electron chi connectivity index (χ2n) is 8.43. The Kier molecular flexibility index (Phi) is 4.33. The van der Waals surface area contributed by atoms with Gasteiger partial charge >= 0.3 is 5.97 Å². The number of hydrogen-bond donors (Lipinski definition) is 1. The molecule has 7 heteroatoms. The Balaban J connectivity index is 1.55. The smallest absolute Gasteiger partial charge is 0.338 e. The first-order valence-electron chi connectivity index (χ1n) is 10.4. The minimum Gasteiger partial charge on any atom is -0.465 e. The number of ether oxygens (including phenoxy) is 1. The molecule has 3 aliphatic carbocycles. The standard InChI is InChI=1S/C21H26N4O3/c1-28-21(27)15-10-16(12-6-7-12)23-20-18(15)19(13-8-9-13)24-25(20)11-17(26)22-14-4-2-3-5-14/h10,12-14H,2-9,11H2,1H3,(H,22,26). The van der Waals surface area contributed by atoms with Gasteiger partial charge in [-0.25, -0.2) is 14.5 Å². The van der Waals surface area contributed by atoms with E-state index >= 15 is 0 Å². The molecule has 28 heavy (non-hydrogen) atoms. The number of carbonyl (C=O) groups excluding carboxylic acids is 2. The third-order valence-electron chi connectivity index (χ3n) is 6.13. The van der Waals surface area contributed by atoms with Gasteiger partial charge in [-0.15, -0.1) is 0 Å². The van der Waals surface area contributed by atoms with Gasteiger partial charge in [0.2, 0.25) is 5.91 Å². The summed E-state index contributed by atoms with van der Waals surface area (Å²) in [5, 5.41) is 8.65. The molecule has 0 bridgehead atoms. The maximum atomic E-state index is 12.6. The zero-order valence-corrected chi connectivity index (χ0v) is 16.2. The first kappa shape index (κ1) is 17.6. The number of rotatable bonds is 6. The van der Waals surface area contributed by atoms with E-state index in [4.69, 9.17) is 14.8 Å². The van der Waals surface area contributed by atoms with Gasteiger partial charge in [-0.3, -0.25) is 4.79 Å². The van der Waals surface area contributed by atoms with Gasteiger partial charge in [0, 0.05) is 23.6 Å². The van der Waals surface area contributed by atoms with E-state index < -0.39 is 0 Å². The van der Waals surface area contributed by atoms with Crippen molar-refractivity contribution in [1.29, 1.82) is 0 Å². The summed E-state index contributed by atoms with van der Waals surface area (Å²) in [6, 6.07) is 2.15. The molecule has 7 nitrogen and oxygen atoms in total. The van der Waals surface area contributed by atoms with E-state index in [9.17, 15) is 9.59 Å². The summed E-state index contributed by atoms with van der Waals surface area (Å²) in [5.74, 6) is 0.356. The Morgan fingerprint density at radius 2 is 1.86 bits per heavy atom. The first-order valence-corrected chi connectivity index (χ1v) is 10.4. The molecule has 148 valence electrons. The van der Waals surface area contributed by atoms with Crippen LogP contribution in [-0.2, 0) is 16.1 Å². The minimum atomic E-state index is -0.355. The van der Waals surface area contributed by atoms with Gasteiger partial charge in [-0.1, -0.05) is 12.8 Å². The average Bonchev–Trinajstić information content (AvgIpc) is 3.63. The molecule has 3 saturated carbocycles. The molecule has 5 rings (SSSR count). The van der Waals surface area contributed by atoms with E-state index in [1.165, 1.54) is 20.0 Å². The summed E-state index contributed by atoms with van der Waals surface area (Å²) in [6.45, 7) is 0.140. The zero-order chi connectivity index (χ0) is 19.3. The van der Waals surface area contributed by atoms with Crippen molar-refractivity contribution >= 4 is 22.9 Å². The highest BCUT2D eigenvalue weighted by Gasteiger charge is 2.34. The van der Waals surface area contributed by atoms with E-state index in [1.807, 2.05) is 6.07 Å². The van der Waals surface area contributed by atoms with E-state index in [2.05, 4.69) is 5.32 Å². The molecule has 0 aromatic carbocycles. The highest BCUT2D eigenvalue weighted by Crippen LogP contribution is 2.45. The lowest BCUT2D eigenvalue weighted by atomic mass is 10.1. The molecule has 0 radical (unpaired) electrons. The van der Waals surface area contributed by atoms with Crippen LogP contribution in [0.15, 0.2) is 6.07 Å². The number of fused-ring (bicyclic) bond motifs is 1. The SMILES string of the molecule is COC(=O)c1cc(C2CC2)nc2c1c(C1CC1)nn2CC(=O)NC1CCCC1. The lowest BCUT2D eigenvalue weighted by molar-refractivity contribution is -0.122. The number of hydrogen-bond acceptors (Lipinski definition) is 5. The lowest BCUT2D eigenvalue weighted by Crippen LogP contribution is -2.35. The molecule has 0 saturated heterocycles. The molecule has 3 fully saturated rings. The molecule has 0 atom stereocenters. The van der Waals surface area contributed by atoms with Crippen molar-refractivity contribution in [2.75, 3.05) is 7.11 Å². The number of carbonyl (C=O) groups is 2. The minimum absolute atomic E-state index is 0.0307. The highest BCUT2D eigenvalue weighted by atomic mass is 16.5. The van der Waals surface area contributed by atoms with Crippen LogP contribution in [0.2, 0.25) is 0 Å². The molecule has 2 aromatic heterocycles. The van der Waals surface area contributed by atoms with E-state index in [0.29, 0.717) is 23.0 Å². The van der Waals surface area contributed by atoms with Crippen LogP contribution in [0.25, 0.3) is 11.0 Å². The van der Waals surface area contributed by atoms with Gasteiger partial charge in [0.1, 0.15) is 6.54 Å². The quantitative estimate of drug-likeness (QED) is 0.776. The molecule has 2 aromatic rings. The van der Waals surface area contributed by atoms with E-state index in [1.54, 1.807) is 4.68 Å². The van der Waals surface area contributed by atoms with Crippen LogP contribution in [0.4, 0.5) is 0 Å². The monoisotopic (exact) mass is 382 g/mol. The fourth-order valence-electron chi connectivity index (χ4n) is 4.31. The van der Waals surface area contributed by atoms with Crippen molar-refractivity contribution in [1.82, 2.24) is 20.1 Å². The predicted molar refractivity (Wildman–Crippen MR) is 103 cm³/mol. The number of nitrogens with one attached hydrogen (secondary N) is 1. The van der Waals surface area contributed by atoms with Crippen molar-refractivity contribution in [3.8, 4) is 0 Å². The predicted octanol–water partition coefficient (Wildman–Crippen LogP) is 3.03. The van der Waals surface area contributed by atoms with Crippen LogP contribution >= 0.6 is 0 Å². The normalized spacial score (nSPS) is 19.9. The van der Waals surface area contributed by atoms with E-state index in [-0.39, 0.29) is 24.5 Å². The molecule has 0 spiro atoms. The number of aromatic nitrogens is 3. The van der Waals surface area contributed by atoms with Crippen LogP contribution in [0.5, 0.6) is 0 Å².